The predicted octanol–water partition coefficient (Wildman–Crippen LogP) is 3.37. The Hall–Kier alpha value is -1.03. The van der Waals surface area contributed by atoms with Crippen molar-refractivity contribution in [2.24, 2.45) is 11.8 Å². The largest absolute Gasteiger partial charge is 0.335 e. The third kappa shape index (κ3) is 3.48. The van der Waals surface area contributed by atoms with Gasteiger partial charge in [0.05, 0.1) is 6.54 Å². The summed E-state index contributed by atoms with van der Waals surface area (Å²) in [6, 6.07) is 4.34. The van der Waals surface area contributed by atoms with Crippen molar-refractivity contribution in [2.45, 2.75) is 45.7 Å². The summed E-state index contributed by atoms with van der Waals surface area (Å²) in [5.41, 5.74) is 0. The first-order chi connectivity index (χ1) is 8.66. The number of nitrogens with one attached hydrogen (secondary N) is 2. The van der Waals surface area contributed by atoms with Crippen LogP contribution in [0.1, 0.15) is 38.0 Å². The number of carbonyl (C=O) groups is 1. The first-order valence-corrected chi connectivity index (χ1v) is 7.61. The van der Waals surface area contributed by atoms with E-state index in [1.807, 2.05) is 17.5 Å². The zero-order valence-electron chi connectivity index (χ0n) is 11.1. The Kier molecular flexibility index (Phi) is 4.64. The fraction of sp³-hybridized carbons (Fsp3) is 0.643. The third-order valence-corrected chi connectivity index (χ3v) is 4.90. The number of rotatable bonds is 3. The summed E-state index contributed by atoms with van der Waals surface area (Å²) in [7, 11) is 0. The van der Waals surface area contributed by atoms with Crippen molar-refractivity contribution < 1.29 is 4.79 Å². The molecule has 2 rings (SSSR count). The molecule has 0 bridgehead atoms. The normalized spacial score (nSPS) is 27.8. The highest BCUT2D eigenvalue weighted by Gasteiger charge is 2.27. The molecule has 1 aromatic rings. The average molecular weight is 266 g/mol. The van der Waals surface area contributed by atoms with Crippen LogP contribution < -0.4 is 10.6 Å². The van der Waals surface area contributed by atoms with Crippen molar-refractivity contribution in [3.8, 4) is 0 Å². The lowest BCUT2D eigenvalue weighted by molar-refractivity contribution is 0.195. The monoisotopic (exact) mass is 266 g/mol. The molecule has 1 fully saturated rings. The molecule has 0 aliphatic heterocycles. The minimum Gasteiger partial charge on any atom is -0.335 e. The van der Waals surface area contributed by atoms with Crippen LogP contribution in [-0.2, 0) is 6.54 Å². The van der Waals surface area contributed by atoms with Crippen LogP contribution in [0.25, 0.3) is 0 Å². The van der Waals surface area contributed by atoms with Gasteiger partial charge in [-0.3, -0.25) is 0 Å². The Bertz CT molecular complexity index is 377. The average Bonchev–Trinajstić information content (AvgIpc) is 2.86. The van der Waals surface area contributed by atoms with Gasteiger partial charge in [0.1, 0.15) is 0 Å². The Morgan fingerprint density at radius 2 is 2.28 bits per heavy atom. The minimum absolute atomic E-state index is 0.0330. The molecule has 0 spiro atoms. The molecule has 1 aliphatic carbocycles. The second-order valence-corrected chi connectivity index (χ2v) is 6.31. The van der Waals surface area contributed by atoms with Gasteiger partial charge in [0.25, 0.3) is 0 Å². The van der Waals surface area contributed by atoms with Crippen LogP contribution in [0.5, 0.6) is 0 Å². The van der Waals surface area contributed by atoms with Crippen LogP contribution in [0.15, 0.2) is 17.5 Å². The van der Waals surface area contributed by atoms with E-state index < -0.39 is 0 Å². The summed E-state index contributed by atoms with van der Waals surface area (Å²) in [6.45, 7) is 5.15. The van der Waals surface area contributed by atoms with Crippen LogP contribution in [0.4, 0.5) is 4.79 Å². The lowest BCUT2D eigenvalue weighted by Crippen LogP contribution is -2.47. The van der Waals surface area contributed by atoms with Gasteiger partial charge < -0.3 is 10.6 Å². The summed E-state index contributed by atoms with van der Waals surface area (Å²) in [6.07, 6.45) is 3.62. The van der Waals surface area contributed by atoms with Crippen molar-refractivity contribution in [2.75, 3.05) is 0 Å². The number of amides is 2. The van der Waals surface area contributed by atoms with E-state index in [1.165, 1.54) is 17.7 Å². The predicted molar refractivity (Wildman–Crippen MR) is 75.7 cm³/mol. The Morgan fingerprint density at radius 1 is 1.44 bits per heavy atom. The molecule has 4 heteroatoms. The lowest BCUT2D eigenvalue weighted by atomic mass is 9.78. The first kappa shape index (κ1) is 13.4. The van der Waals surface area contributed by atoms with E-state index in [2.05, 4.69) is 24.5 Å². The zero-order valence-corrected chi connectivity index (χ0v) is 11.9. The molecule has 0 aromatic carbocycles. The molecular weight excluding hydrogens is 244 g/mol. The molecule has 1 aliphatic rings. The SMILES string of the molecule is CC1CCCC(NC(=O)NCc2cccs2)C1C. The minimum atomic E-state index is -0.0330. The van der Waals surface area contributed by atoms with Gasteiger partial charge in [-0.2, -0.15) is 0 Å². The number of urea groups is 1. The molecule has 3 unspecified atom stereocenters. The second-order valence-electron chi connectivity index (χ2n) is 5.28. The molecule has 1 aromatic heterocycles. The summed E-state index contributed by atoms with van der Waals surface area (Å²) >= 11 is 1.67. The van der Waals surface area contributed by atoms with E-state index >= 15 is 0 Å². The van der Waals surface area contributed by atoms with Crippen LogP contribution in [0, 0.1) is 11.8 Å². The van der Waals surface area contributed by atoms with E-state index in [1.54, 1.807) is 11.3 Å². The van der Waals surface area contributed by atoms with Crippen molar-refractivity contribution in [1.29, 1.82) is 0 Å². The van der Waals surface area contributed by atoms with Gasteiger partial charge in [-0.25, -0.2) is 4.79 Å². The highest BCUT2D eigenvalue weighted by Crippen LogP contribution is 2.29. The maximum Gasteiger partial charge on any atom is 0.315 e. The van der Waals surface area contributed by atoms with Gasteiger partial charge in [0.2, 0.25) is 0 Å². The van der Waals surface area contributed by atoms with Crippen molar-refractivity contribution in [3.05, 3.63) is 22.4 Å². The summed E-state index contributed by atoms with van der Waals surface area (Å²) in [5.74, 6) is 1.28. The van der Waals surface area contributed by atoms with E-state index in [-0.39, 0.29) is 6.03 Å². The van der Waals surface area contributed by atoms with Crippen LogP contribution in [0.3, 0.4) is 0 Å². The van der Waals surface area contributed by atoms with Gasteiger partial charge in [-0.1, -0.05) is 32.8 Å². The van der Waals surface area contributed by atoms with Crippen molar-refractivity contribution in [3.63, 3.8) is 0 Å². The Balaban J connectivity index is 1.76. The molecule has 3 atom stereocenters. The van der Waals surface area contributed by atoms with Crippen LogP contribution in [0.2, 0.25) is 0 Å². The lowest BCUT2D eigenvalue weighted by Gasteiger charge is -2.34. The third-order valence-electron chi connectivity index (χ3n) is 4.03. The maximum absolute atomic E-state index is 11.8. The van der Waals surface area contributed by atoms with Gasteiger partial charge >= 0.3 is 6.03 Å². The molecular formula is C14H22N2OS. The summed E-state index contributed by atoms with van der Waals surface area (Å²) in [4.78, 5) is 13.0. The zero-order chi connectivity index (χ0) is 13.0. The highest BCUT2D eigenvalue weighted by molar-refractivity contribution is 7.09. The van der Waals surface area contributed by atoms with E-state index in [9.17, 15) is 4.79 Å². The topological polar surface area (TPSA) is 41.1 Å². The molecule has 0 radical (unpaired) electrons. The van der Waals surface area contributed by atoms with E-state index in [4.69, 9.17) is 0 Å². The molecule has 18 heavy (non-hydrogen) atoms. The maximum atomic E-state index is 11.8. The number of hydrogen-bond acceptors (Lipinski definition) is 2. The smallest absolute Gasteiger partial charge is 0.315 e. The molecule has 2 amide bonds. The Labute approximate surface area is 113 Å². The van der Waals surface area contributed by atoms with Crippen molar-refractivity contribution >= 4 is 17.4 Å². The second kappa shape index (κ2) is 6.23. The standard InChI is InChI=1S/C14H22N2OS/c1-10-5-3-7-13(11(10)2)16-14(17)15-9-12-6-4-8-18-12/h4,6,8,10-11,13H,3,5,7,9H2,1-2H3,(H2,15,16,17). The van der Waals surface area contributed by atoms with Gasteiger partial charge in [-0.05, 0) is 29.7 Å². The molecule has 2 N–H and O–H groups in total. The number of hydrogen-bond donors (Lipinski definition) is 2. The first-order valence-electron chi connectivity index (χ1n) is 6.73. The molecule has 0 saturated heterocycles. The van der Waals surface area contributed by atoms with Crippen LogP contribution in [-0.4, -0.2) is 12.1 Å². The number of thiophene rings is 1. The fourth-order valence-electron chi connectivity index (χ4n) is 2.59. The fourth-order valence-corrected chi connectivity index (χ4v) is 3.23. The van der Waals surface area contributed by atoms with Crippen LogP contribution >= 0.6 is 11.3 Å². The summed E-state index contributed by atoms with van der Waals surface area (Å²) in [5, 5.41) is 8.07. The number of carbonyl (C=O) groups excluding carboxylic acids is 1. The van der Waals surface area contributed by atoms with Gasteiger partial charge in [-0.15, -0.1) is 11.3 Å². The summed E-state index contributed by atoms with van der Waals surface area (Å²) < 4.78 is 0. The van der Waals surface area contributed by atoms with Gasteiger partial charge in [0.15, 0.2) is 0 Å². The van der Waals surface area contributed by atoms with E-state index in [0.29, 0.717) is 24.4 Å². The quantitative estimate of drug-likeness (QED) is 0.865. The van der Waals surface area contributed by atoms with Gasteiger partial charge in [0, 0.05) is 10.9 Å². The van der Waals surface area contributed by atoms with Crippen molar-refractivity contribution in [1.82, 2.24) is 10.6 Å². The molecule has 3 nitrogen and oxygen atoms in total. The molecule has 100 valence electrons. The van der Waals surface area contributed by atoms with E-state index in [0.717, 1.165) is 6.42 Å². The molecule has 1 saturated carbocycles. The molecule has 1 heterocycles. The Morgan fingerprint density at radius 3 is 3.00 bits per heavy atom. The highest BCUT2D eigenvalue weighted by atomic mass is 32.1.